The molecular weight excluding hydrogens is 268 g/mol. The SMILES string of the molecule is CN=C(NCCc1c(C)noc1C)NCc1ccnn1C. The number of hydrogen-bond donors (Lipinski definition) is 2. The molecule has 2 rings (SSSR count). The number of aryl methyl sites for hydroxylation is 3. The molecule has 0 aromatic carbocycles. The molecule has 0 bridgehead atoms. The molecule has 0 aliphatic rings. The second kappa shape index (κ2) is 6.92. The highest BCUT2D eigenvalue weighted by molar-refractivity contribution is 5.79. The first-order chi connectivity index (χ1) is 10.1. The van der Waals surface area contributed by atoms with Gasteiger partial charge in [-0.1, -0.05) is 5.16 Å². The number of nitrogens with zero attached hydrogens (tertiary/aromatic N) is 4. The summed E-state index contributed by atoms with van der Waals surface area (Å²) in [6.45, 7) is 5.35. The Hall–Kier alpha value is -2.31. The minimum Gasteiger partial charge on any atom is -0.361 e. The summed E-state index contributed by atoms with van der Waals surface area (Å²) in [7, 11) is 3.68. The fourth-order valence-corrected chi connectivity index (χ4v) is 2.13. The first kappa shape index (κ1) is 15.1. The van der Waals surface area contributed by atoms with Crippen molar-refractivity contribution in [3.8, 4) is 0 Å². The molecule has 0 fully saturated rings. The Morgan fingerprint density at radius 1 is 1.38 bits per heavy atom. The molecule has 0 saturated heterocycles. The van der Waals surface area contributed by atoms with Gasteiger partial charge < -0.3 is 15.2 Å². The van der Waals surface area contributed by atoms with E-state index in [2.05, 4.69) is 25.9 Å². The van der Waals surface area contributed by atoms with Gasteiger partial charge in [-0.2, -0.15) is 5.10 Å². The minimum absolute atomic E-state index is 0.682. The molecule has 7 heteroatoms. The van der Waals surface area contributed by atoms with Crippen LogP contribution in [0.25, 0.3) is 0 Å². The lowest BCUT2D eigenvalue weighted by molar-refractivity contribution is 0.392. The smallest absolute Gasteiger partial charge is 0.191 e. The van der Waals surface area contributed by atoms with E-state index in [-0.39, 0.29) is 0 Å². The van der Waals surface area contributed by atoms with E-state index in [1.54, 1.807) is 13.2 Å². The number of rotatable bonds is 5. The standard InChI is InChI=1S/C14H22N6O/c1-10-13(11(2)21-19-10)6-7-16-14(15-3)17-9-12-5-8-18-20(12)4/h5,8H,6-7,9H2,1-4H3,(H2,15,16,17). The number of guanidine groups is 1. The third kappa shape index (κ3) is 3.84. The molecule has 0 aliphatic heterocycles. The maximum absolute atomic E-state index is 5.16. The fourth-order valence-electron chi connectivity index (χ4n) is 2.13. The van der Waals surface area contributed by atoms with Crippen LogP contribution in [0.2, 0.25) is 0 Å². The summed E-state index contributed by atoms with van der Waals surface area (Å²) in [4.78, 5) is 4.21. The Kier molecular flexibility index (Phi) is 4.97. The average Bonchev–Trinajstić information content (AvgIpc) is 3.02. The lowest BCUT2D eigenvalue weighted by Gasteiger charge is -2.11. The topological polar surface area (TPSA) is 80.3 Å². The fraction of sp³-hybridized carbons (Fsp3) is 0.500. The zero-order chi connectivity index (χ0) is 15.2. The van der Waals surface area contributed by atoms with Gasteiger partial charge in [0, 0.05) is 32.4 Å². The van der Waals surface area contributed by atoms with Crippen molar-refractivity contribution >= 4 is 5.96 Å². The largest absolute Gasteiger partial charge is 0.361 e. The van der Waals surface area contributed by atoms with E-state index in [4.69, 9.17) is 4.52 Å². The molecule has 0 amide bonds. The highest BCUT2D eigenvalue weighted by Gasteiger charge is 2.08. The Balaban J connectivity index is 1.80. The molecular formula is C14H22N6O. The maximum Gasteiger partial charge on any atom is 0.191 e. The van der Waals surface area contributed by atoms with Crippen molar-refractivity contribution < 1.29 is 4.52 Å². The predicted octanol–water partition coefficient (Wildman–Crippen LogP) is 0.933. The van der Waals surface area contributed by atoms with Gasteiger partial charge in [-0.15, -0.1) is 0 Å². The Morgan fingerprint density at radius 3 is 2.76 bits per heavy atom. The molecule has 0 saturated carbocycles. The lowest BCUT2D eigenvalue weighted by atomic mass is 10.1. The maximum atomic E-state index is 5.16. The van der Waals surface area contributed by atoms with Crippen LogP contribution < -0.4 is 10.6 Å². The second-order valence-corrected chi connectivity index (χ2v) is 4.85. The van der Waals surface area contributed by atoms with Gasteiger partial charge in [-0.3, -0.25) is 9.67 Å². The van der Waals surface area contributed by atoms with Gasteiger partial charge in [0.2, 0.25) is 0 Å². The van der Waals surface area contributed by atoms with E-state index in [0.29, 0.717) is 6.54 Å². The van der Waals surface area contributed by atoms with Crippen LogP contribution in [0.1, 0.15) is 22.7 Å². The van der Waals surface area contributed by atoms with Gasteiger partial charge in [0.1, 0.15) is 5.76 Å². The summed E-state index contributed by atoms with van der Waals surface area (Å²) >= 11 is 0. The first-order valence-electron chi connectivity index (χ1n) is 6.95. The third-order valence-corrected chi connectivity index (χ3v) is 3.43. The molecule has 2 N–H and O–H groups in total. The average molecular weight is 290 g/mol. The van der Waals surface area contributed by atoms with Crippen molar-refractivity contribution in [2.24, 2.45) is 12.0 Å². The van der Waals surface area contributed by atoms with Crippen molar-refractivity contribution in [3.63, 3.8) is 0 Å². The molecule has 2 heterocycles. The van der Waals surface area contributed by atoms with Crippen LogP contribution in [0.15, 0.2) is 21.8 Å². The molecule has 2 aromatic rings. The second-order valence-electron chi connectivity index (χ2n) is 4.85. The highest BCUT2D eigenvalue weighted by Crippen LogP contribution is 2.11. The summed E-state index contributed by atoms with van der Waals surface area (Å²) in [5.74, 6) is 1.65. The predicted molar refractivity (Wildman–Crippen MR) is 81.1 cm³/mol. The highest BCUT2D eigenvalue weighted by atomic mass is 16.5. The zero-order valence-corrected chi connectivity index (χ0v) is 13.0. The zero-order valence-electron chi connectivity index (χ0n) is 13.0. The molecule has 0 spiro atoms. The van der Waals surface area contributed by atoms with Crippen molar-refractivity contribution in [2.75, 3.05) is 13.6 Å². The minimum atomic E-state index is 0.682. The van der Waals surface area contributed by atoms with E-state index in [0.717, 1.165) is 41.6 Å². The molecule has 0 aliphatic carbocycles. The molecule has 7 nitrogen and oxygen atoms in total. The van der Waals surface area contributed by atoms with Gasteiger partial charge in [0.05, 0.1) is 17.9 Å². The molecule has 21 heavy (non-hydrogen) atoms. The van der Waals surface area contributed by atoms with E-state index in [9.17, 15) is 0 Å². The van der Waals surface area contributed by atoms with E-state index in [1.807, 2.05) is 31.6 Å². The molecule has 0 unspecified atom stereocenters. The Labute approximate surface area is 124 Å². The van der Waals surface area contributed by atoms with Crippen LogP contribution >= 0.6 is 0 Å². The molecule has 0 radical (unpaired) electrons. The van der Waals surface area contributed by atoms with Crippen LogP contribution in [-0.2, 0) is 20.0 Å². The van der Waals surface area contributed by atoms with Crippen molar-refractivity contribution in [3.05, 3.63) is 35.0 Å². The van der Waals surface area contributed by atoms with Crippen molar-refractivity contribution in [2.45, 2.75) is 26.8 Å². The summed E-state index contributed by atoms with van der Waals surface area (Å²) in [5.41, 5.74) is 3.21. The molecule has 2 aromatic heterocycles. The van der Waals surface area contributed by atoms with Crippen LogP contribution in [0, 0.1) is 13.8 Å². The van der Waals surface area contributed by atoms with Gasteiger partial charge in [-0.25, -0.2) is 0 Å². The number of aliphatic imine (C=N–C) groups is 1. The summed E-state index contributed by atoms with van der Waals surface area (Å²) in [6.07, 6.45) is 2.64. The van der Waals surface area contributed by atoms with Crippen molar-refractivity contribution in [1.29, 1.82) is 0 Å². The van der Waals surface area contributed by atoms with Crippen LogP contribution in [0.3, 0.4) is 0 Å². The monoisotopic (exact) mass is 290 g/mol. The van der Waals surface area contributed by atoms with E-state index >= 15 is 0 Å². The van der Waals surface area contributed by atoms with Crippen LogP contribution in [-0.4, -0.2) is 34.5 Å². The number of hydrogen-bond acceptors (Lipinski definition) is 4. The van der Waals surface area contributed by atoms with Crippen LogP contribution in [0.5, 0.6) is 0 Å². The lowest BCUT2D eigenvalue weighted by Crippen LogP contribution is -2.38. The van der Waals surface area contributed by atoms with Crippen LogP contribution in [0.4, 0.5) is 0 Å². The molecule has 0 atom stereocenters. The summed E-state index contributed by atoms with van der Waals surface area (Å²) in [6, 6.07) is 1.98. The van der Waals surface area contributed by atoms with E-state index < -0.39 is 0 Å². The van der Waals surface area contributed by atoms with E-state index in [1.165, 1.54) is 0 Å². The first-order valence-corrected chi connectivity index (χ1v) is 6.95. The summed E-state index contributed by atoms with van der Waals surface area (Å²) < 4.78 is 6.99. The van der Waals surface area contributed by atoms with Crippen molar-refractivity contribution in [1.82, 2.24) is 25.6 Å². The third-order valence-electron chi connectivity index (χ3n) is 3.43. The normalized spacial score (nSPS) is 11.7. The van der Waals surface area contributed by atoms with Gasteiger partial charge in [0.25, 0.3) is 0 Å². The summed E-state index contributed by atoms with van der Waals surface area (Å²) in [5, 5.41) is 14.6. The van der Waals surface area contributed by atoms with Gasteiger partial charge >= 0.3 is 0 Å². The molecule has 114 valence electrons. The Morgan fingerprint density at radius 2 is 2.19 bits per heavy atom. The Bertz CT molecular complexity index is 593. The number of nitrogens with one attached hydrogen (secondary N) is 2. The number of aromatic nitrogens is 3. The van der Waals surface area contributed by atoms with Gasteiger partial charge in [-0.05, 0) is 26.3 Å². The quantitative estimate of drug-likeness (QED) is 0.632. The van der Waals surface area contributed by atoms with Gasteiger partial charge in [0.15, 0.2) is 5.96 Å².